The molecule has 1 amide bonds. The smallest absolute Gasteiger partial charge is 0.270 e. The first-order valence-electron chi connectivity index (χ1n) is 7.27. The van der Waals surface area contributed by atoms with E-state index in [9.17, 15) is 14.9 Å². The molecule has 0 aliphatic heterocycles. The van der Waals surface area contributed by atoms with Crippen molar-refractivity contribution in [3.63, 3.8) is 0 Å². The molecule has 2 rings (SSSR count). The lowest BCUT2D eigenvalue weighted by Crippen LogP contribution is -2.32. The van der Waals surface area contributed by atoms with Crippen molar-refractivity contribution in [2.45, 2.75) is 0 Å². The van der Waals surface area contributed by atoms with Crippen molar-refractivity contribution in [1.82, 2.24) is 5.32 Å². The van der Waals surface area contributed by atoms with Gasteiger partial charge in [-0.05, 0) is 58.0 Å². The van der Waals surface area contributed by atoms with Gasteiger partial charge in [0, 0.05) is 22.7 Å². The van der Waals surface area contributed by atoms with E-state index in [0.29, 0.717) is 10.2 Å². The second-order valence-electron chi connectivity index (χ2n) is 4.97. The maximum Gasteiger partial charge on any atom is 0.270 e. The van der Waals surface area contributed by atoms with Crippen molar-refractivity contribution >= 4 is 56.6 Å². The molecular weight excluding hydrogens is 422 g/mol. The minimum absolute atomic E-state index is 0.0557. The summed E-state index contributed by atoms with van der Waals surface area (Å²) in [5, 5.41) is 16.1. The number of nitrogens with one attached hydrogen (secondary N) is 2. The van der Waals surface area contributed by atoms with Gasteiger partial charge in [0.2, 0.25) is 5.91 Å². The molecule has 0 spiro atoms. The van der Waals surface area contributed by atoms with Gasteiger partial charge in [0.05, 0.1) is 17.7 Å². The van der Waals surface area contributed by atoms with Gasteiger partial charge in [-0.2, -0.15) is 0 Å². The maximum absolute atomic E-state index is 11.9. The lowest BCUT2D eigenvalue weighted by Gasteiger charge is -2.09. The van der Waals surface area contributed by atoms with Crippen molar-refractivity contribution in [1.29, 1.82) is 0 Å². The number of benzene rings is 2. The Bertz CT molecular complexity index is 869. The van der Waals surface area contributed by atoms with E-state index in [2.05, 4.69) is 26.6 Å². The normalized spacial score (nSPS) is 10.4. The molecule has 2 N–H and O–H groups in total. The predicted octanol–water partition coefficient (Wildman–Crippen LogP) is 3.89. The summed E-state index contributed by atoms with van der Waals surface area (Å²) in [6, 6.07) is 11.4. The highest BCUT2D eigenvalue weighted by molar-refractivity contribution is 9.10. The number of halogens is 1. The van der Waals surface area contributed by atoms with Crippen LogP contribution in [0.25, 0.3) is 6.08 Å². The second kappa shape index (κ2) is 9.07. The lowest BCUT2D eigenvalue weighted by molar-refractivity contribution is -0.384. The minimum Gasteiger partial charge on any atom is -0.497 e. The molecule has 0 aliphatic rings. The van der Waals surface area contributed by atoms with Gasteiger partial charge < -0.3 is 10.1 Å². The monoisotopic (exact) mass is 435 g/mol. The molecule has 0 radical (unpaired) electrons. The number of nitro benzene ring substituents is 1. The molecule has 134 valence electrons. The van der Waals surface area contributed by atoms with E-state index in [1.54, 1.807) is 25.3 Å². The number of hydrogen-bond acceptors (Lipinski definition) is 5. The first kappa shape index (κ1) is 19.5. The number of nitrogens with zero attached hydrogens (tertiary/aromatic N) is 1. The van der Waals surface area contributed by atoms with Crippen LogP contribution in [0.4, 0.5) is 11.4 Å². The third kappa shape index (κ3) is 5.64. The summed E-state index contributed by atoms with van der Waals surface area (Å²) in [4.78, 5) is 22.1. The van der Waals surface area contributed by atoms with Gasteiger partial charge in [-0.1, -0.05) is 12.1 Å². The van der Waals surface area contributed by atoms with Crippen molar-refractivity contribution in [3.05, 3.63) is 68.7 Å². The predicted molar refractivity (Wildman–Crippen MR) is 107 cm³/mol. The molecule has 0 aliphatic carbocycles. The van der Waals surface area contributed by atoms with Gasteiger partial charge in [-0.25, -0.2) is 0 Å². The Morgan fingerprint density at radius 2 is 1.96 bits per heavy atom. The number of anilines is 1. The molecular formula is C17H14BrN3O4S. The number of nitro groups is 1. The first-order valence-corrected chi connectivity index (χ1v) is 8.47. The van der Waals surface area contributed by atoms with Crippen LogP contribution in [0.1, 0.15) is 5.56 Å². The largest absolute Gasteiger partial charge is 0.497 e. The van der Waals surface area contributed by atoms with E-state index in [1.807, 2.05) is 12.1 Å². The van der Waals surface area contributed by atoms with Crippen LogP contribution in [-0.4, -0.2) is 23.1 Å². The number of methoxy groups -OCH3 is 1. The molecule has 0 aromatic heterocycles. The van der Waals surface area contributed by atoms with Gasteiger partial charge >= 0.3 is 0 Å². The molecule has 0 saturated carbocycles. The van der Waals surface area contributed by atoms with Gasteiger partial charge in [-0.3, -0.25) is 20.2 Å². The number of hydrogen-bond donors (Lipinski definition) is 2. The van der Waals surface area contributed by atoms with E-state index in [0.717, 1.165) is 11.3 Å². The molecule has 2 aromatic rings. The molecule has 0 fully saturated rings. The molecule has 7 nitrogen and oxygen atoms in total. The molecule has 0 saturated heterocycles. The van der Waals surface area contributed by atoms with Crippen LogP contribution < -0.4 is 15.4 Å². The summed E-state index contributed by atoms with van der Waals surface area (Å²) in [6.07, 6.45) is 2.99. The number of thiocarbonyl (C=S) groups is 1. The Kier molecular flexibility index (Phi) is 6.81. The average Bonchev–Trinajstić information content (AvgIpc) is 2.62. The number of carbonyl (C=O) groups is 1. The molecule has 9 heteroatoms. The van der Waals surface area contributed by atoms with Crippen molar-refractivity contribution in [2.24, 2.45) is 0 Å². The zero-order valence-corrected chi connectivity index (χ0v) is 16.0. The molecule has 0 heterocycles. The topological polar surface area (TPSA) is 93.5 Å². The Morgan fingerprint density at radius 1 is 1.27 bits per heavy atom. The molecule has 0 bridgehead atoms. The highest BCUT2D eigenvalue weighted by Gasteiger charge is 2.10. The highest BCUT2D eigenvalue weighted by atomic mass is 79.9. The number of rotatable bonds is 5. The molecule has 0 unspecified atom stereocenters. The summed E-state index contributed by atoms with van der Waals surface area (Å²) >= 11 is 8.29. The number of ether oxygens (including phenoxy) is 1. The van der Waals surface area contributed by atoms with Crippen molar-refractivity contribution in [2.75, 3.05) is 12.4 Å². The Hall–Kier alpha value is -2.78. The molecule has 26 heavy (non-hydrogen) atoms. The van der Waals surface area contributed by atoms with Crippen LogP contribution in [0.5, 0.6) is 5.75 Å². The summed E-state index contributed by atoms with van der Waals surface area (Å²) in [6.45, 7) is 0. The second-order valence-corrected chi connectivity index (χ2v) is 6.23. The van der Waals surface area contributed by atoms with Crippen LogP contribution in [0.3, 0.4) is 0 Å². The molecule has 0 atom stereocenters. The van der Waals surface area contributed by atoms with E-state index in [1.165, 1.54) is 24.3 Å². The van der Waals surface area contributed by atoms with Gasteiger partial charge in [-0.15, -0.1) is 0 Å². The van der Waals surface area contributed by atoms with E-state index in [-0.39, 0.29) is 10.8 Å². The third-order valence-electron chi connectivity index (χ3n) is 3.19. The fourth-order valence-electron chi connectivity index (χ4n) is 1.91. The summed E-state index contributed by atoms with van der Waals surface area (Å²) in [5.74, 6) is 0.321. The minimum atomic E-state index is -0.501. The number of non-ortho nitro benzene ring substituents is 1. The Labute approximate surface area is 163 Å². The fourth-order valence-corrected chi connectivity index (χ4v) is 2.59. The SMILES string of the molecule is COc1ccc(C=CC(=O)NC(=S)Nc2ccc([N+](=O)[O-])cc2Br)cc1. The molecule has 2 aromatic carbocycles. The standard InChI is InChI=1S/C17H14BrN3O4S/c1-25-13-6-2-11(3-7-13)4-9-16(22)20-17(26)19-15-8-5-12(21(23)24)10-14(15)18/h2-10H,1H3,(H2,19,20,22,26). The fraction of sp³-hybridized carbons (Fsp3) is 0.0588. The third-order valence-corrected chi connectivity index (χ3v) is 4.05. The van der Waals surface area contributed by atoms with E-state index < -0.39 is 10.8 Å². The van der Waals surface area contributed by atoms with E-state index in [4.69, 9.17) is 17.0 Å². The van der Waals surface area contributed by atoms with Crippen LogP contribution >= 0.6 is 28.1 Å². The average molecular weight is 436 g/mol. The van der Waals surface area contributed by atoms with Crippen LogP contribution in [0.15, 0.2) is 53.0 Å². The summed E-state index contributed by atoms with van der Waals surface area (Å²) in [5.41, 5.74) is 1.28. The van der Waals surface area contributed by atoms with Crippen LogP contribution in [0.2, 0.25) is 0 Å². The zero-order chi connectivity index (χ0) is 19.1. The Morgan fingerprint density at radius 3 is 2.54 bits per heavy atom. The first-order chi connectivity index (χ1) is 12.4. The summed E-state index contributed by atoms with van der Waals surface area (Å²) in [7, 11) is 1.58. The van der Waals surface area contributed by atoms with Crippen LogP contribution in [0, 0.1) is 10.1 Å². The Balaban J connectivity index is 1.93. The van der Waals surface area contributed by atoms with Gasteiger partial charge in [0.1, 0.15) is 5.75 Å². The quantitative estimate of drug-likeness (QED) is 0.320. The lowest BCUT2D eigenvalue weighted by atomic mass is 10.2. The maximum atomic E-state index is 11.9. The van der Waals surface area contributed by atoms with Gasteiger partial charge in [0.25, 0.3) is 5.69 Å². The van der Waals surface area contributed by atoms with Crippen molar-refractivity contribution in [3.8, 4) is 5.75 Å². The van der Waals surface area contributed by atoms with E-state index >= 15 is 0 Å². The zero-order valence-electron chi connectivity index (χ0n) is 13.6. The number of carbonyl (C=O) groups excluding carboxylic acids is 1. The highest BCUT2D eigenvalue weighted by Crippen LogP contribution is 2.27. The van der Waals surface area contributed by atoms with Crippen molar-refractivity contribution < 1.29 is 14.5 Å². The van der Waals surface area contributed by atoms with Crippen LogP contribution in [-0.2, 0) is 4.79 Å². The number of amides is 1. The van der Waals surface area contributed by atoms with Gasteiger partial charge in [0.15, 0.2) is 5.11 Å². The summed E-state index contributed by atoms with van der Waals surface area (Å²) < 4.78 is 5.52.